The lowest BCUT2D eigenvalue weighted by Crippen LogP contribution is -2.33. The molecule has 0 aliphatic heterocycles. The van der Waals surface area contributed by atoms with Crippen LogP contribution in [0.4, 0.5) is 0 Å². The van der Waals surface area contributed by atoms with Crippen LogP contribution in [-0.2, 0) is 27.5 Å². The van der Waals surface area contributed by atoms with Crippen LogP contribution < -0.4 is 14.8 Å². The van der Waals surface area contributed by atoms with Crippen LogP contribution in [0.2, 0.25) is 0 Å². The zero-order valence-corrected chi connectivity index (χ0v) is 23.7. The molecule has 0 heterocycles. The molecule has 0 spiro atoms. The van der Waals surface area contributed by atoms with Crippen LogP contribution in [0.15, 0.2) is 48.5 Å². The van der Waals surface area contributed by atoms with Gasteiger partial charge in [0.25, 0.3) is 5.91 Å². The summed E-state index contributed by atoms with van der Waals surface area (Å²) in [5, 5.41) is 12.0. The third-order valence-corrected chi connectivity index (χ3v) is 5.97. The quantitative estimate of drug-likeness (QED) is 0.336. The Balaban J connectivity index is 0.00000172. The summed E-state index contributed by atoms with van der Waals surface area (Å²) in [7, 11) is 0. The Labute approximate surface area is 228 Å². The zero-order chi connectivity index (χ0) is 28.0. The molecule has 0 aromatic heterocycles. The van der Waals surface area contributed by atoms with Crippen molar-refractivity contribution in [1.82, 2.24) is 5.32 Å². The fraction of sp³-hybridized carbons (Fsp3) is 0.548. The molecule has 2 N–H and O–H groups in total. The normalized spacial score (nSPS) is 13.3. The van der Waals surface area contributed by atoms with E-state index in [0.717, 1.165) is 17.7 Å². The van der Waals surface area contributed by atoms with Gasteiger partial charge in [0.1, 0.15) is 18.1 Å². The van der Waals surface area contributed by atoms with Crippen molar-refractivity contribution in [2.45, 2.75) is 85.9 Å². The van der Waals surface area contributed by atoms with E-state index in [4.69, 9.17) is 19.3 Å². The van der Waals surface area contributed by atoms with Crippen molar-refractivity contribution < 1.29 is 28.9 Å². The molecule has 0 atom stereocenters. The van der Waals surface area contributed by atoms with Gasteiger partial charge in [0, 0.05) is 6.54 Å². The molecular formula is C31H47NO6. The van der Waals surface area contributed by atoms with E-state index < -0.39 is 5.97 Å². The van der Waals surface area contributed by atoms with Gasteiger partial charge >= 0.3 is 5.97 Å². The van der Waals surface area contributed by atoms with Crippen molar-refractivity contribution in [3.63, 3.8) is 0 Å². The molecule has 1 aliphatic rings. The lowest BCUT2D eigenvalue weighted by Gasteiger charge is -2.20. The van der Waals surface area contributed by atoms with Crippen LogP contribution in [0.1, 0.15) is 83.8 Å². The Morgan fingerprint density at radius 1 is 0.763 bits per heavy atom. The maximum Gasteiger partial charge on any atom is 0.344 e. The van der Waals surface area contributed by atoms with E-state index >= 15 is 0 Å². The number of ether oxygens (including phenoxy) is 3. The SMILES string of the molecule is CC.CC.O=C(COc1ccc(COC(=O)COc2ccc(CO)cc2)cc1)NCC1CCCCCCC1. The van der Waals surface area contributed by atoms with Gasteiger partial charge in [-0.15, -0.1) is 0 Å². The predicted molar refractivity (Wildman–Crippen MR) is 151 cm³/mol. The van der Waals surface area contributed by atoms with Crippen LogP contribution in [0.3, 0.4) is 0 Å². The summed E-state index contributed by atoms with van der Waals surface area (Å²) in [6, 6.07) is 13.9. The molecular weight excluding hydrogens is 482 g/mol. The first kappa shape index (κ1) is 33.0. The van der Waals surface area contributed by atoms with Gasteiger partial charge in [-0.3, -0.25) is 4.79 Å². The third kappa shape index (κ3) is 14.0. The number of aliphatic hydroxyl groups is 1. The molecule has 0 saturated heterocycles. The first-order chi connectivity index (χ1) is 18.6. The number of carbonyl (C=O) groups excluding carboxylic acids is 2. The Morgan fingerprint density at radius 2 is 1.26 bits per heavy atom. The highest BCUT2D eigenvalue weighted by Gasteiger charge is 2.13. The largest absolute Gasteiger partial charge is 0.484 e. The van der Waals surface area contributed by atoms with Crippen LogP contribution >= 0.6 is 0 Å². The molecule has 1 amide bonds. The molecule has 1 fully saturated rings. The van der Waals surface area contributed by atoms with Gasteiger partial charge in [-0.05, 0) is 54.2 Å². The van der Waals surface area contributed by atoms with Crippen molar-refractivity contribution >= 4 is 11.9 Å². The highest BCUT2D eigenvalue weighted by atomic mass is 16.6. The maximum absolute atomic E-state index is 12.1. The Morgan fingerprint density at radius 3 is 1.82 bits per heavy atom. The topological polar surface area (TPSA) is 94.1 Å². The monoisotopic (exact) mass is 529 g/mol. The molecule has 212 valence electrons. The van der Waals surface area contributed by atoms with Gasteiger partial charge in [0.05, 0.1) is 6.61 Å². The minimum absolute atomic E-state index is 0.0162. The average molecular weight is 530 g/mol. The first-order valence-corrected chi connectivity index (χ1v) is 14.1. The smallest absolute Gasteiger partial charge is 0.344 e. The van der Waals surface area contributed by atoms with Gasteiger partial charge < -0.3 is 24.6 Å². The van der Waals surface area contributed by atoms with E-state index in [2.05, 4.69) is 5.32 Å². The summed E-state index contributed by atoms with van der Waals surface area (Å²) in [4.78, 5) is 24.0. The Hall–Kier alpha value is -3.06. The molecule has 2 aromatic rings. The summed E-state index contributed by atoms with van der Waals surface area (Å²) in [6.45, 7) is 8.59. The number of nitrogens with one attached hydrogen (secondary N) is 1. The number of amides is 1. The molecule has 7 nitrogen and oxygen atoms in total. The van der Waals surface area contributed by atoms with Crippen LogP contribution in [0, 0.1) is 5.92 Å². The molecule has 1 aliphatic carbocycles. The molecule has 0 unspecified atom stereocenters. The van der Waals surface area contributed by atoms with Gasteiger partial charge in [-0.2, -0.15) is 0 Å². The number of benzene rings is 2. The molecule has 38 heavy (non-hydrogen) atoms. The molecule has 3 rings (SSSR count). The molecule has 1 saturated carbocycles. The lowest BCUT2D eigenvalue weighted by molar-refractivity contribution is -0.147. The van der Waals surface area contributed by atoms with Crippen molar-refractivity contribution in [3.05, 3.63) is 59.7 Å². The van der Waals surface area contributed by atoms with Crippen molar-refractivity contribution in [1.29, 1.82) is 0 Å². The second-order valence-corrected chi connectivity index (χ2v) is 8.70. The number of esters is 1. The summed E-state index contributed by atoms with van der Waals surface area (Å²) >= 11 is 0. The zero-order valence-electron chi connectivity index (χ0n) is 23.7. The van der Waals surface area contributed by atoms with Gasteiger partial charge in [-0.1, -0.05) is 84.1 Å². The van der Waals surface area contributed by atoms with Crippen molar-refractivity contribution in [3.8, 4) is 11.5 Å². The molecule has 2 aromatic carbocycles. The van der Waals surface area contributed by atoms with E-state index in [1.54, 1.807) is 48.5 Å². The van der Waals surface area contributed by atoms with Crippen LogP contribution in [0.5, 0.6) is 11.5 Å². The van der Waals surface area contributed by atoms with Crippen LogP contribution in [0.25, 0.3) is 0 Å². The second kappa shape index (κ2) is 20.9. The van der Waals surface area contributed by atoms with Gasteiger partial charge in [-0.25, -0.2) is 4.79 Å². The highest BCUT2D eigenvalue weighted by Crippen LogP contribution is 2.21. The van der Waals surface area contributed by atoms with Crippen LogP contribution in [-0.4, -0.2) is 36.7 Å². The Bertz CT molecular complexity index is 874. The van der Waals surface area contributed by atoms with Gasteiger partial charge in [0.15, 0.2) is 13.2 Å². The van der Waals surface area contributed by atoms with E-state index in [9.17, 15) is 9.59 Å². The summed E-state index contributed by atoms with van der Waals surface area (Å²) in [5.41, 5.74) is 1.58. The highest BCUT2D eigenvalue weighted by molar-refractivity contribution is 5.77. The maximum atomic E-state index is 12.1. The fourth-order valence-electron chi connectivity index (χ4n) is 3.92. The standard InChI is InChI=1S/C27H35NO6.2C2H6/c29-17-22-8-12-25(13-9-22)33-20-27(31)34-18-23-10-14-24(15-11-23)32-19-26(30)28-16-21-6-4-2-1-3-5-7-21;2*1-2/h8-15,21,29H,1-7,16-20H2,(H,28,30);2*1-2H3. The molecule has 7 heteroatoms. The number of carbonyl (C=O) groups is 2. The average Bonchev–Trinajstić information content (AvgIpc) is 2.96. The fourth-order valence-corrected chi connectivity index (χ4v) is 3.92. The summed E-state index contributed by atoms with van der Waals surface area (Å²) in [5.74, 6) is 1.11. The molecule has 0 radical (unpaired) electrons. The lowest BCUT2D eigenvalue weighted by atomic mass is 9.91. The van der Waals surface area contributed by atoms with Gasteiger partial charge in [0.2, 0.25) is 0 Å². The predicted octanol–water partition coefficient (Wildman–Crippen LogP) is 6.21. The minimum Gasteiger partial charge on any atom is -0.484 e. The number of aliphatic hydroxyl groups excluding tert-OH is 1. The third-order valence-electron chi connectivity index (χ3n) is 5.97. The first-order valence-electron chi connectivity index (χ1n) is 14.1. The Kier molecular flexibility index (Phi) is 18.2. The van der Waals surface area contributed by atoms with E-state index in [0.29, 0.717) is 17.4 Å². The van der Waals surface area contributed by atoms with E-state index in [-0.39, 0.29) is 32.3 Å². The minimum atomic E-state index is -0.479. The van der Waals surface area contributed by atoms with Crippen molar-refractivity contribution in [2.75, 3.05) is 19.8 Å². The van der Waals surface area contributed by atoms with E-state index in [1.807, 2.05) is 27.7 Å². The summed E-state index contributed by atoms with van der Waals surface area (Å²) in [6.07, 6.45) is 8.84. The number of hydrogen-bond acceptors (Lipinski definition) is 6. The van der Waals surface area contributed by atoms with Crippen molar-refractivity contribution in [2.24, 2.45) is 5.92 Å². The number of hydrogen-bond donors (Lipinski definition) is 2. The molecule has 0 bridgehead atoms. The van der Waals surface area contributed by atoms with E-state index in [1.165, 1.54) is 44.9 Å². The number of rotatable bonds is 11. The second-order valence-electron chi connectivity index (χ2n) is 8.70. The summed E-state index contributed by atoms with van der Waals surface area (Å²) < 4.78 is 16.2.